The Bertz CT molecular complexity index is 1530. The number of rotatable bonds is 6. The van der Waals surface area contributed by atoms with Gasteiger partial charge in [0.1, 0.15) is 0 Å². The van der Waals surface area contributed by atoms with E-state index in [0.29, 0.717) is 33.2 Å². The second-order valence-electron chi connectivity index (χ2n) is 7.99. The normalized spacial score (nSPS) is 12.0. The molecule has 5 nitrogen and oxygen atoms in total. The Morgan fingerprint density at radius 2 is 1.47 bits per heavy atom. The van der Waals surface area contributed by atoms with E-state index >= 15 is 0 Å². The Balaban J connectivity index is 1.85. The number of halogens is 3. The van der Waals surface area contributed by atoms with Crippen LogP contribution >= 0.6 is 0 Å². The minimum Gasteiger partial charge on any atom is -0.462 e. The highest BCUT2D eigenvalue weighted by Crippen LogP contribution is 2.35. The van der Waals surface area contributed by atoms with E-state index in [-0.39, 0.29) is 11.5 Å². The van der Waals surface area contributed by atoms with Crippen LogP contribution < -0.4 is 4.72 Å². The molecule has 4 rings (SSSR count). The first-order valence-corrected chi connectivity index (χ1v) is 12.5. The molecule has 186 valence electrons. The number of hydrogen-bond acceptors (Lipinski definition) is 4. The minimum absolute atomic E-state index is 0.101. The quantitative estimate of drug-likeness (QED) is 0.308. The van der Waals surface area contributed by atoms with Crippen molar-refractivity contribution < 1.29 is 31.1 Å². The van der Waals surface area contributed by atoms with Crippen molar-refractivity contribution in [1.29, 1.82) is 0 Å². The second-order valence-corrected chi connectivity index (χ2v) is 9.87. The van der Waals surface area contributed by atoms with E-state index in [2.05, 4.69) is 4.72 Å². The molecule has 0 radical (unpaired) electrons. The summed E-state index contributed by atoms with van der Waals surface area (Å²) in [7, 11) is -2.28. The molecule has 0 bridgehead atoms. The molecular formula is C27H22F3NO4S. The van der Waals surface area contributed by atoms with Crippen molar-refractivity contribution in [2.24, 2.45) is 0 Å². The van der Waals surface area contributed by atoms with Gasteiger partial charge in [0.2, 0.25) is 10.0 Å². The van der Waals surface area contributed by atoms with E-state index in [4.69, 9.17) is 4.74 Å². The van der Waals surface area contributed by atoms with Gasteiger partial charge in [-0.2, -0.15) is 13.2 Å². The van der Waals surface area contributed by atoms with Crippen LogP contribution in [0.5, 0.6) is 0 Å². The molecule has 4 aromatic rings. The maximum Gasteiger partial charge on any atom is 0.416 e. The molecule has 0 unspecified atom stereocenters. The van der Waals surface area contributed by atoms with Crippen LogP contribution in [0.4, 0.5) is 13.2 Å². The number of ether oxygens (including phenoxy) is 1. The molecule has 0 aliphatic carbocycles. The van der Waals surface area contributed by atoms with Gasteiger partial charge in [0.15, 0.2) is 0 Å². The first-order chi connectivity index (χ1) is 17.0. The van der Waals surface area contributed by atoms with Gasteiger partial charge in [-0.25, -0.2) is 17.9 Å². The number of carbonyl (C=O) groups excluding carboxylic acids is 1. The van der Waals surface area contributed by atoms with Crippen molar-refractivity contribution in [2.75, 3.05) is 13.7 Å². The summed E-state index contributed by atoms with van der Waals surface area (Å²) in [5, 5.41) is 1.46. The Hall–Kier alpha value is -3.69. The maximum absolute atomic E-state index is 12.9. The van der Waals surface area contributed by atoms with Crippen LogP contribution in [0, 0.1) is 0 Å². The predicted molar refractivity (Wildman–Crippen MR) is 132 cm³/mol. The lowest BCUT2D eigenvalue weighted by Crippen LogP contribution is -2.18. The van der Waals surface area contributed by atoms with Gasteiger partial charge in [0.05, 0.1) is 22.6 Å². The third kappa shape index (κ3) is 5.12. The Kier molecular flexibility index (Phi) is 6.88. The number of sulfonamides is 1. The van der Waals surface area contributed by atoms with Crippen LogP contribution in [0.2, 0.25) is 0 Å². The molecule has 0 saturated heterocycles. The van der Waals surface area contributed by atoms with E-state index < -0.39 is 27.7 Å². The number of nitrogens with one attached hydrogen (secondary N) is 1. The monoisotopic (exact) mass is 513 g/mol. The van der Waals surface area contributed by atoms with E-state index in [1.54, 1.807) is 43.3 Å². The van der Waals surface area contributed by atoms with E-state index in [9.17, 15) is 26.4 Å². The Morgan fingerprint density at radius 1 is 0.861 bits per heavy atom. The Labute approximate surface area is 206 Å². The molecule has 0 saturated carbocycles. The number of fused-ring (bicyclic) bond motifs is 1. The number of benzene rings is 4. The van der Waals surface area contributed by atoms with Gasteiger partial charge >= 0.3 is 12.1 Å². The third-order valence-corrected chi connectivity index (χ3v) is 7.18. The molecule has 0 heterocycles. The van der Waals surface area contributed by atoms with E-state index in [1.165, 1.54) is 31.3 Å². The van der Waals surface area contributed by atoms with Crippen LogP contribution in [0.15, 0.2) is 83.8 Å². The van der Waals surface area contributed by atoms with Crippen molar-refractivity contribution >= 4 is 26.8 Å². The molecule has 36 heavy (non-hydrogen) atoms. The lowest BCUT2D eigenvalue weighted by Gasteiger charge is -2.13. The summed E-state index contributed by atoms with van der Waals surface area (Å²) in [4.78, 5) is 12.7. The van der Waals surface area contributed by atoms with E-state index in [0.717, 1.165) is 17.5 Å². The number of hydrogen-bond donors (Lipinski definition) is 1. The zero-order valence-corrected chi connectivity index (χ0v) is 20.2. The first kappa shape index (κ1) is 25.4. The van der Waals surface area contributed by atoms with Gasteiger partial charge in [-0.15, -0.1) is 0 Å². The molecule has 0 aliphatic heterocycles. The Morgan fingerprint density at radius 3 is 2.06 bits per heavy atom. The highest BCUT2D eigenvalue weighted by atomic mass is 32.2. The highest BCUT2D eigenvalue weighted by Gasteiger charge is 2.30. The molecule has 0 fully saturated rings. The van der Waals surface area contributed by atoms with Crippen LogP contribution in [-0.2, 0) is 20.9 Å². The second kappa shape index (κ2) is 9.75. The van der Waals surface area contributed by atoms with Gasteiger partial charge in [-0.3, -0.25) is 0 Å². The van der Waals surface area contributed by atoms with Crippen molar-refractivity contribution in [3.63, 3.8) is 0 Å². The fourth-order valence-corrected chi connectivity index (χ4v) is 4.63. The smallest absolute Gasteiger partial charge is 0.416 e. The van der Waals surface area contributed by atoms with Crippen LogP contribution in [0.3, 0.4) is 0 Å². The zero-order valence-electron chi connectivity index (χ0n) is 19.4. The summed E-state index contributed by atoms with van der Waals surface area (Å²) < 4.78 is 70.5. The summed E-state index contributed by atoms with van der Waals surface area (Å²) >= 11 is 0. The van der Waals surface area contributed by atoms with Gasteiger partial charge in [-0.05, 0) is 89.5 Å². The van der Waals surface area contributed by atoms with Crippen molar-refractivity contribution in [3.8, 4) is 22.3 Å². The van der Waals surface area contributed by atoms with Crippen LogP contribution in [0.1, 0.15) is 22.8 Å². The fourth-order valence-electron chi connectivity index (χ4n) is 3.90. The standard InChI is InChI=1S/C27H22F3NO4S/c1-3-35-26(32)21-15-20-14-19(17-4-9-22(10-5-17)27(28,29)30)8-13-24(20)25(16-21)18-6-11-23(12-7-18)36(33,34)31-2/h4-16,31H,3H2,1-2H3. The maximum atomic E-state index is 12.9. The molecule has 4 aromatic carbocycles. The first-order valence-electron chi connectivity index (χ1n) is 11.0. The van der Waals surface area contributed by atoms with Crippen molar-refractivity contribution in [2.45, 2.75) is 18.0 Å². The van der Waals surface area contributed by atoms with Gasteiger partial charge in [-0.1, -0.05) is 36.4 Å². The molecule has 0 spiro atoms. The van der Waals surface area contributed by atoms with E-state index in [1.807, 2.05) is 6.07 Å². The molecule has 0 atom stereocenters. The zero-order chi connectivity index (χ0) is 26.1. The van der Waals surface area contributed by atoms with Crippen LogP contribution in [0.25, 0.3) is 33.0 Å². The molecule has 0 aromatic heterocycles. The predicted octanol–water partition coefficient (Wildman–Crippen LogP) is 6.28. The number of esters is 1. The van der Waals surface area contributed by atoms with Gasteiger partial charge < -0.3 is 4.74 Å². The topological polar surface area (TPSA) is 72.5 Å². The molecule has 9 heteroatoms. The average molecular weight is 514 g/mol. The summed E-state index contributed by atoms with van der Waals surface area (Å²) in [5.74, 6) is -0.519. The van der Waals surface area contributed by atoms with Crippen molar-refractivity contribution in [1.82, 2.24) is 4.72 Å². The SMILES string of the molecule is CCOC(=O)c1cc(-c2ccc(S(=O)(=O)NC)cc2)c2ccc(-c3ccc(C(F)(F)F)cc3)cc2c1. The van der Waals surface area contributed by atoms with Crippen molar-refractivity contribution in [3.05, 3.63) is 90.0 Å². The van der Waals surface area contributed by atoms with Gasteiger partial charge in [0.25, 0.3) is 0 Å². The van der Waals surface area contributed by atoms with Gasteiger partial charge in [0, 0.05) is 0 Å². The molecule has 0 amide bonds. The molecule has 1 N–H and O–H groups in total. The fraction of sp³-hybridized carbons (Fsp3) is 0.148. The largest absolute Gasteiger partial charge is 0.462 e. The lowest BCUT2D eigenvalue weighted by atomic mass is 9.93. The van der Waals surface area contributed by atoms with Crippen LogP contribution in [-0.4, -0.2) is 28.0 Å². The third-order valence-electron chi connectivity index (χ3n) is 5.75. The molecular weight excluding hydrogens is 491 g/mol. The average Bonchev–Trinajstić information content (AvgIpc) is 2.87. The highest BCUT2D eigenvalue weighted by molar-refractivity contribution is 7.89. The summed E-state index contributed by atoms with van der Waals surface area (Å²) in [6.45, 7) is 1.89. The molecule has 0 aliphatic rings. The number of alkyl halides is 3. The lowest BCUT2D eigenvalue weighted by molar-refractivity contribution is -0.137. The minimum atomic E-state index is -4.42. The summed E-state index contributed by atoms with van der Waals surface area (Å²) in [6, 6.07) is 19.9. The summed E-state index contributed by atoms with van der Waals surface area (Å²) in [6.07, 6.45) is -4.42. The summed E-state index contributed by atoms with van der Waals surface area (Å²) in [5.41, 5.74) is 2.21. The number of carbonyl (C=O) groups is 1.